The van der Waals surface area contributed by atoms with E-state index in [-0.39, 0.29) is 0 Å². The molecular formula is C15H13IN2. The second kappa shape index (κ2) is 6.96. The van der Waals surface area contributed by atoms with Gasteiger partial charge in [0, 0.05) is 21.7 Å². The van der Waals surface area contributed by atoms with Gasteiger partial charge in [0.1, 0.15) is 0 Å². The number of para-hydroxylation sites is 2. The van der Waals surface area contributed by atoms with Gasteiger partial charge < -0.3 is 5.32 Å². The number of nitrogens with zero attached hydrogens (tertiary/aromatic N) is 1. The maximum absolute atomic E-state index is 4.38. The number of halogens is 1. The van der Waals surface area contributed by atoms with Gasteiger partial charge in [-0.1, -0.05) is 36.4 Å². The molecule has 0 fully saturated rings. The van der Waals surface area contributed by atoms with Crippen molar-refractivity contribution in [2.45, 2.75) is 0 Å². The Morgan fingerprint density at radius 2 is 1.56 bits per heavy atom. The van der Waals surface area contributed by atoms with E-state index in [4.69, 9.17) is 0 Å². The fraction of sp³-hybridized carbons (Fsp3) is 0. The highest BCUT2D eigenvalue weighted by atomic mass is 127. The average molecular weight is 348 g/mol. The van der Waals surface area contributed by atoms with Crippen molar-refractivity contribution in [2.24, 2.45) is 4.99 Å². The van der Waals surface area contributed by atoms with E-state index in [0.717, 1.165) is 15.0 Å². The van der Waals surface area contributed by atoms with Crippen molar-refractivity contribution >= 4 is 40.2 Å². The molecule has 90 valence electrons. The number of benzene rings is 2. The molecule has 0 aliphatic rings. The van der Waals surface area contributed by atoms with E-state index in [0.29, 0.717) is 0 Å². The second-order valence-electron chi connectivity index (χ2n) is 3.63. The maximum Gasteiger partial charge on any atom is 0.0630 e. The summed E-state index contributed by atoms with van der Waals surface area (Å²) < 4.78 is 1.04. The van der Waals surface area contributed by atoms with Crippen LogP contribution >= 0.6 is 22.6 Å². The van der Waals surface area contributed by atoms with Crippen LogP contribution in [0.1, 0.15) is 0 Å². The molecule has 0 atom stereocenters. The number of anilines is 1. The lowest BCUT2D eigenvalue weighted by atomic mass is 10.3. The third-order valence-electron chi connectivity index (χ3n) is 2.24. The molecular weight excluding hydrogens is 335 g/mol. The van der Waals surface area contributed by atoms with Gasteiger partial charge in [-0.2, -0.15) is 0 Å². The van der Waals surface area contributed by atoms with Crippen molar-refractivity contribution in [3.63, 3.8) is 0 Å². The normalized spacial score (nSPS) is 11.7. The lowest BCUT2D eigenvalue weighted by Gasteiger charge is -1.99. The van der Waals surface area contributed by atoms with Crippen LogP contribution in [0.4, 0.5) is 11.4 Å². The summed E-state index contributed by atoms with van der Waals surface area (Å²) in [5, 5.41) is 3.22. The molecule has 0 aromatic heterocycles. The SMILES string of the molecule is IC(/C=N/c1ccccc1)=C/Nc1ccccc1. The minimum absolute atomic E-state index is 0.958. The summed E-state index contributed by atoms with van der Waals surface area (Å²) in [6.07, 6.45) is 3.77. The highest BCUT2D eigenvalue weighted by Gasteiger charge is 1.89. The molecule has 1 N–H and O–H groups in total. The molecule has 0 bridgehead atoms. The van der Waals surface area contributed by atoms with Gasteiger partial charge in [-0.25, -0.2) is 0 Å². The summed E-state index contributed by atoms with van der Waals surface area (Å²) in [5.74, 6) is 0. The first-order valence-corrected chi connectivity index (χ1v) is 6.69. The predicted octanol–water partition coefficient (Wildman–Crippen LogP) is 4.78. The van der Waals surface area contributed by atoms with Crippen LogP contribution in [0.5, 0.6) is 0 Å². The number of nitrogens with one attached hydrogen (secondary N) is 1. The minimum Gasteiger partial charge on any atom is -0.361 e. The van der Waals surface area contributed by atoms with Crippen molar-refractivity contribution < 1.29 is 0 Å². The third kappa shape index (κ3) is 4.33. The molecule has 2 aromatic carbocycles. The molecule has 0 radical (unpaired) electrons. The van der Waals surface area contributed by atoms with Crippen LogP contribution in [-0.2, 0) is 0 Å². The first-order valence-electron chi connectivity index (χ1n) is 5.61. The Hall–Kier alpha value is -1.62. The van der Waals surface area contributed by atoms with Crippen LogP contribution in [0.3, 0.4) is 0 Å². The zero-order valence-corrected chi connectivity index (χ0v) is 11.9. The molecule has 2 rings (SSSR count). The molecule has 0 spiro atoms. The van der Waals surface area contributed by atoms with Crippen LogP contribution in [0.25, 0.3) is 0 Å². The van der Waals surface area contributed by atoms with E-state index < -0.39 is 0 Å². The van der Waals surface area contributed by atoms with Gasteiger partial charge in [-0.3, -0.25) is 4.99 Å². The summed E-state index contributed by atoms with van der Waals surface area (Å²) in [6.45, 7) is 0. The summed E-state index contributed by atoms with van der Waals surface area (Å²) in [5.41, 5.74) is 2.03. The van der Waals surface area contributed by atoms with E-state index in [9.17, 15) is 0 Å². The number of rotatable bonds is 4. The maximum atomic E-state index is 4.38. The molecule has 3 heteroatoms. The van der Waals surface area contributed by atoms with Crippen LogP contribution in [0.15, 0.2) is 75.4 Å². The third-order valence-corrected chi connectivity index (χ3v) is 2.83. The summed E-state index contributed by atoms with van der Waals surface area (Å²) in [6, 6.07) is 19.9. The van der Waals surface area contributed by atoms with Gasteiger partial charge in [0.2, 0.25) is 0 Å². The molecule has 0 amide bonds. The molecule has 2 nitrogen and oxygen atoms in total. The minimum atomic E-state index is 0.958. The summed E-state index contributed by atoms with van der Waals surface area (Å²) >= 11 is 2.24. The van der Waals surface area contributed by atoms with Gasteiger partial charge in [-0.05, 0) is 46.9 Å². The Balaban J connectivity index is 1.96. The first kappa shape index (κ1) is 12.8. The van der Waals surface area contributed by atoms with E-state index >= 15 is 0 Å². The molecule has 0 aliphatic carbocycles. The van der Waals surface area contributed by atoms with Gasteiger partial charge in [-0.15, -0.1) is 0 Å². The number of aliphatic imine (C=N–C) groups is 1. The zero-order chi connectivity index (χ0) is 12.6. The monoisotopic (exact) mass is 348 g/mol. The number of hydrogen-bond acceptors (Lipinski definition) is 2. The fourth-order valence-corrected chi connectivity index (χ4v) is 1.67. The smallest absolute Gasteiger partial charge is 0.0630 e. The quantitative estimate of drug-likeness (QED) is 0.624. The summed E-state index contributed by atoms with van der Waals surface area (Å²) in [7, 11) is 0. The molecule has 0 saturated carbocycles. The molecule has 0 aliphatic heterocycles. The molecule has 2 aromatic rings. The van der Waals surface area contributed by atoms with Gasteiger partial charge in [0.05, 0.1) is 5.69 Å². The average Bonchev–Trinajstić information content (AvgIpc) is 2.45. The Kier molecular flexibility index (Phi) is 4.96. The Labute approximate surface area is 121 Å². The predicted molar refractivity (Wildman–Crippen MR) is 86.8 cm³/mol. The highest BCUT2D eigenvalue weighted by Crippen LogP contribution is 2.12. The molecule has 0 heterocycles. The topological polar surface area (TPSA) is 24.4 Å². The largest absolute Gasteiger partial charge is 0.361 e. The van der Waals surface area contributed by atoms with E-state index in [1.165, 1.54) is 0 Å². The molecule has 18 heavy (non-hydrogen) atoms. The van der Waals surface area contributed by atoms with Crippen molar-refractivity contribution in [1.82, 2.24) is 0 Å². The fourth-order valence-electron chi connectivity index (χ4n) is 1.37. The lowest BCUT2D eigenvalue weighted by Crippen LogP contribution is -1.88. The van der Waals surface area contributed by atoms with Crippen molar-refractivity contribution in [3.8, 4) is 0 Å². The molecule has 0 saturated heterocycles. The second-order valence-corrected chi connectivity index (χ2v) is 4.88. The van der Waals surface area contributed by atoms with E-state index in [1.54, 1.807) is 0 Å². The van der Waals surface area contributed by atoms with Crippen molar-refractivity contribution in [1.29, 1.82) is 0 Å². The van der Waals surface area contributed by atoms with Crippen LogP contribution < -0.4 is 5.32 Å². The van der Waals surface area contributed by atoms with Crippen LogP contribution in [0, 0.1) is 0 Å². The highest BCUT2D eigenvalue weighted by molar-refractivity contribution is 14.1. The van der Waals surface area contributed by atoms with Gasteiger partial charge >= 0.3 is 0 Å². The van der Waals surface area contributed by atoms with E-state index in [1.807, 2.05) is 73.1 Å². The standard InChI is InChI=1S/C15H13IN2/c16-13(11-17-14-7-3-1-4-8-14)12-18-15-9-5-2-6-10-15/h1-12,17H/b13-11+,18-12+. The number of allylic oxidation sites excluding steroid dienone is 1. The van der Waals surface area contributed by atoms with Gasteiger partial charge in [0.15, 0.2) is 0 Å². The Morgan fingerprint density at radius 3 is 2.22 bits per heavy atom. The number of hydrogen-bond donors (Lipinski definition) is 1. The van der Waals surface area contributed by atoms with Crippen LogP contribution in [0.2, 0.25) is 0 Å². The Morgan fingerprint density at radius 1 is 0.944 bits per heavy atom. The lowest BCUT2D eigenvalue weighted by molar-refractivity contribution is 1.53. The van der Waals surface area contributed by atoms with E-state index in [2.05, 4.69) is 32.9 Å². The van der Waals surface area contributed by atoms with Crippen molar-refractivity contribution in [3.05, 3.63) is 70.4 Å². The Bertz CT molecular complexity index is 533. The zero-order valence-electron chi connectivity index (χ0n) is 9.75. The first-order chi connectivity index (χ1) is 8.84. The molecule has 0 unspecified atom stereocenters. The van der Waals surface area contributed by atoms with Crippen LogP contribution in [-0.4, -0.2) is 6.21 Å². The summed E-state index contributed by atoms with van der Waals surface area (Å²) in [4.78, 5) is 4.38. The van der Waals surface area contributed by atoms with Gasteiger partial charge in [0.25, 0.3) is 0 Å². The van der Waals surface area contributed by atoms with Crippen molar-refractivity contribution in [2.75, 3.05) is 5.32 Å².